The van der Waals surface area contributed by atoms with Gasteiger partial charge >= 0.3 is 0 Å². The van der Waals surface area contributed by atoms with Gasteiger partial charge in [0.15, 0.2) is 11.7 Å². The molecule has 1 amide bonds. The number of oxazole rings is 1. The highest BCUT2D eigenvalue weighted by Crippen LogP contribution is 2.28. The van der Waals surface area contributed by atoms with Crippen LogP contribution in [0.15, 0.2) is 89.5 Å². The summed E-state index contributed by atoms with van der Waals surface area (Å²) in [5.74, 6) is 1.30. The van der Waals surface area contributed by atoms with Crippen molar-refractivity contribution in [1.29, 1.82) is 0 Å². The number of carbonyl (C=O) groups excluding carboxylic acids is 1. The molecule has 0 aliphatic carbocycles. The Labute approximate surface area is 194 Å². The van der Waals surface area contributed by atoms with Crippen molar-refractivity contribution in [3.8, 4) is 11.3 Å². The number of fused-ring (bicyclic) bond motifs is 1. The molecule has 1 aliphatic heterocycles. The van der Waals surface area contributed by atoms with E-state index in [0.29, 0.717) is 25.3 Å². The first-order valence-electron chi connectivity index (χ1n) is 11.4. The summed E-state index contributed by atoms with van der Waals surface area (Å²) in [6, 6.07) is 27.0. The van der Waals surface area contributed by atoms with E-state index in [9.17, 15) is 4.79 Å². The van der Waals surface area contributed by atoms with Crippen molar-refractivity contribution in [1.82, 2.24) is 10.3 Å². The molecule has 0 fully saturated rings. The normalized spacial score (nSPS) is 12.5. The van der Waals surface area contributed by atoms with E-state index in [2.05, 4.69) is 63.7 Å². The minimum Gasteiger partial charge on any atom is -0.441 e. The second-order valence-electron chi connectivity index (χ2n) is 8.38. The molecule has 33 heavy (non-hydrogen) atoms. The molecule has 0 bridgehead atoms. The van der Waals surface area contributed by atoms with E-state index in [1.807, 2.05) is 30.3 Å². The number of carbonyl (C=O) groups is 1. The number of anilines is 1. The molecular formula is C28H27N3O2. The van der Waals surface area contributed by atoms with E-state index in [1.165, 1.54) is 16.8 Å². The Morgan fingerprint density at radius 2 is 1.70 bits per heavy atom. The van der Waals surface area contributed by atoms with E-state index in [-0.39, 0.29) is 5.91 Å². The smallest absolute Gasteiger partial charge is 0.220 e. The summed E-state index contributed by atoms with van der Waals surface area (Å²) >= 11 is 0. The zero-order chi connectivity index (χ0) is 22.5. The van der Waals surface area contributed by atoms with Crippen LogP contribution in [0.25, 0.3) is 11.3 Å². The van der Waals surface area contributed by atoms with E-state index in [4.69, 9.17) is 4.42 Å². The lowest BCUT2D eigenvalue weighted by atomic mass is 10.1. The fourth-order valence-electron chi connectivity index (χ4n) is 4.22. The van der Waals surface area contributed by atoms with Crippen molar-refractivity contribution in [3.05, 3.63) is 108 Å². The average molecular weight is 438 g/mol. The van der Waals surface area contributed by atoms with Gasteiger partial charge in [0.25, 0.3) is 0 Å². The van der Waals surface area contributed by atoms with Crippen molar-refractivity contribution in [2.75, 3.05) is 11.4 Å². The Kier molecular flexibility index (Phi) is 6.20. The molecule has 0 saturated heterocycles. The number of nitrogens with one attached hydrogen (secondary N) is 1. The van der Waals surface area contributed by atoms with E-state index < -0.39 is 0 Å². The van der Waals surface area contributed by atoms with Crippen molar-refractivity contribution >= 4 is 11.6 Å². The fourth-order valence-corrected chi connectivity index (χ4v) is 4.22. The van der Waals surface area contributed by atoms with Crippen LogP contribution in [0.4, 0.5) is 5.69 Å². The van der Waals surface area contributed by atoms with Gasteiger partial charge in [-0.1, -0.05) is 72.8 Å². The molecule has 2 heterocycles. The van der Waals surface area contributed by atoms with Crippen LogP contribution in [0.5, 0.6) is 0 Å². The average Bonchev–Trinajstić information content (AvgIpc) is 3.50. The maximum Gasteiger partial charge on any atom is 0.220 e. The molecule has 5 heteroatoms. The predicted molar refractivity (Wildman–Crippen MR) is 130 cm³/mol. The van der Waals surface area contributed by atoms with Crippen LogP contribution in [-0.4, -0.2) is 17.4 Å². The number of hydrogen-bond donors (Lipinski definition) is 1. The van der Waals surface area contributed by atoms with Crippen molar-refractivity contribution < 1.29 is 9.21 Å². The van der Waals surface area contributed by atoms with Crippen molar-refractivity contribution in [3.63, 3.8) is 0 Å². The molecular weight excluding hydrogens is 410 g/mol. The monoisotopic (exact) mass is 437 g/mol. The molecule has 1 N–H and O–H groups in total. The van der Waals surface area contributed by atoms with E-state index >= 15 is 0 Å². The third-order valence-corrected chi connectivity index (χ3v) is 6.05. The summed E-state index contributed by atoms with van der Waals surface area (Å²) in [6.45, 7) is 2.49. The molecule has 0 radical (unpaired) electrons. The maximum absolute atomic E-state index is 12.3. The Morgan fingerprint density at radius 1 is 0.939 bits per heavy atom. The van der Waals surface area contributed by atoms with Crippen LogP contribution in [0.3, 0.4) is 0 Å². The highest BCUT2D eigenvalue weighted by molar-refractivity contribution is 5.76. The molecule has 3 aromatic carbocycles. The molecule has 5 nitrogen and oxygen atoms in total. The highest BCUT2D eigenvalue weighted by atomic mass is 16.4. The van der Waals surface area contributed by atoms with Gasteiger partial charge in [0.1, 0.15) is 0 Å². The van der Waals surface area contributed by atoms with Gasteiger partial charge in [-0.3, -0.25) is 4.79 Å². The molecule has 0 spiro atoms. The van der Waals surface area contributed by atoms with Gasteiger partial charge in [-0.15, -0.1) is 0 Å². The van der Waals surface area contributed by atoms with Crippen LogP contribution in [0.2, 0.25) is 0 Å². The first-order chi connectivity index (χ1) is 16.2. The standard InChI is InChI=1S/C28H27N3O2/c32-27(14-15-28-30-19-26(33-28)24-7-2-1-3-8-24)29-18-21-10-12-22(13-11-21)20-31-17-16-23-6-4-5-9-25(23)31/h1-13,19H,14-18,20H2,(H,29,32). The molecule has 4 aromatic rings. The van der Waals surface area contributed by atoms with Crippen LogP contribution >= 0.6 is 0 Å². The summed E-state index contributed by atoms with van der Waals surface area (Å²) in [5.41, 5.74) is 6.13. The number of nitrogens with zero attached hydrogens (tertiary/aromatic N) is 2. The Balaban J connectivity index is 1.08. The lowest BCUT2D eigenvalue weighted by Gasteiger charge is -2.19. The molecule has 1 aliphatic rings. The molecule has 0 atom stereocenters. The van der Waals surface area contributed by atoms with E-state index in [1.54, 1.807) is 6.20 Å². The van der Waals surface area contributed by atoms with Crippen LogP contribution < -0.4 is 10.2 Å². The van der Waals surface area contributed by atoms with Crippen molar-refractivity contribution in [2.45, 2.75) is 32.4 Å². The van der Waals surface area contributed by atoms with E-state index in [0.717, 1.165) is 36.4 Å². The molecule has 5 rings (SSSR count). The van der Waals surface area contributed by atoms with Crippen LogP contribution in [0.1, 0.15) is 29.0 Å². The molecule has 0 unspecified atom stereocenters. The van der Waals surface area contributed by atoms with Crippen LogP contribution in [0, 0.1) is 0 Å². The minimum atomic E-state index is -0.00721. The second-order valence-corrected chi connectivity index (χ2v) is 8.38. The van der Waals surface area contributed by atoms with Gasteiger partial charge in [0.2, 0.25) is 5.91 Å². The summed E-state index contributed by atoms with van der Waals surface area (Å²) in [6.07, 6.45) is 3.66. The molecule has 1 aromatic heterocycles. The zero-order valence-electron chi connectivity index (χ0n) is 18.5. The van der Waals surface area contributed by atoms with Gasteiger partial charge in [-0.05, 0) is 29.2 Å². The Morgan fingerprint density at radius 3 is 2.55 bits per heavy atom. The maximum atomic E-state index is 12.3. The van der Waals surface area contributed by atoms with Gasteiger partial charge in [-0.25, -0.2) is 4.98 Å². The number of hydrogen-bond acceptors (Lipinski definition) is 4. The quantitative estimate of drug-likeness (QED) is 0.414. The SMILES string of the molecule is O=C(CCc1ncc(-c2ccccc2)o1)NCc1ccc(CN2CCc3ccccc32)cc1. The largest absolute Gasteiger partial charge is 0.441 e. The zero-order valence-corrected chi connectivity index (χ0v) is 18.5. The summed E-state index contributed by atoms with van der Waals surface area (Å²) in [5, 5.41) is 2.99. The number of benzene rings is 3. The predicted octanol–water partition coefficient (Wildman–Crippen LogP) is 5.15. The van der Waals surface area contributed by atoms with Crippen LogP contribution in [-0.2, 0) is 30.7 Å². The lowest BCUT2D eigenvalue weighted by Crippen LogP contribution is -2.23. The molecule has 166 valence electrons. The number of aromatic nitrogens is 1. The molecule has 0 saturated carbocycles. The van der Waals surface area contributed by atoms with Crippen molar-refractivity contribution in [2.24, 2.45) is 0 Å². The summed E-state index contributed by atoms with van der Waals surface area (Å²) in [7, 11) is 0. The van der Waals surface area contributed by atoms with Gasteiger partial charge < -0.3 is 14.6 Å². The first kappa shape index (κ1) is 21.0. The Hall–Kier alpha value is -3.86. The summed E-state index contributed by atoms with van der Waals surface area (Å²) in [4.78, 5) is 19.0. The Bertz CT molecular complexity index is 1220. The summed E-state index contributed by atoms with van der Waals surface area (Å²) < 4.78 is 5.78. The number of aryl methyl sites for hydroxylation is 1. The number of rotatable bonds is 8. The van der Waals surface area contributed by atoms with Gasteiger partial charge in [-0.2, -0.15) is 0 Å². The second kappa shape index (κ2) is 9.74. The third-order valence-electron chi connectivity index (χ3n) is 6.05. The number of amides is 1. The highest BCUT2D eigenvalue weighted by Gasteiger charge is 2.18. The lowest BCUT2D eigenvalue weighted by molar-refractivity contribution is -0.121. The van der Waals surface area contributed by atoms with Gasteiger partial charge in [0.05, 0.1) is 6.20 Å². The number of para-hydroxylation sites is 1. The minimum absolute atomic E-state index is 0.00721. The third kappa shape index (κ3) is 5.14. The first-order valence-corrected chi connectivity index (χ1v) is 11.4. The topological polar surface area (TPSA) is 58.4 Å². The fraction of sp³-hybridized carbons (Fsp3) is 0.214. The van der Waals surface area contributed by atoms with Gasteiger partial charge in [0, 0.05) is 43.7 Å².